The minimum absolute atomic E-state index is 0.208. The minimum atomic E-state index is 0.208. The van der Waals surface area contributed by atoms with Crippen LogP contribution in [0.2, 0.25) is 0 Å². The number of benzene rings is 1. The molecule has 1 aliphatic rings. The van der Waals surface area contributed by atoms with Crippen LogP contribution >= 0.6 is 11.8 Å². The molecule has 2 atom stereocenters. The average Bonchev–Trinajstić information content (AvgIpc) is 2.40. The maximum atomic E-state index is 5.79. The highest BCUT2D eigenvalue weighted by Gasteiger charge is 2.48. The molecule has 0 heterocycles. The molecule has 1 aromatic rings. The van der Waals surface area contributed by atoms with Crippen molar-refractivity contribution in [3.63, 3.8) is 0 Å². The molecule has 2 rings (SSSR count). The lowest BCUT2D eigenvalue weighted by Gasteiger charge is -2.52. The predicted octanol–water partition coefficient (Wildman–Crippen LogP) is 4.41. The van der Waals surface area contributed by atoms with Crippen LogP contribution in [0.1, 0.15) is 34.1 Å². The molecule has 0 spiro atoms. The summed E-state index contributed by atoms with van der Waals surface area (Å²) < 4.78 is 5.79. The number of hydrogen-bond acceptors (Lipinski definition) is 3. The van der Waals surface area contributed by atoms with Crippen molar-refractivity contribution in [3.8, 4) is 0 Å². The monoisotopic (exact) mass is 279 g/mol. The highest BCUT2D eigenvalue weighted by molar-refractivity contribution is 7.99. The summed E-state index contributed by atoms with van der Waals surface area (Å²) >= 11 is 1.90. The number of para-hydroxylation sites is 1. The van der Waals surface area contributed by atoms with Gasteiger partial charge in [0.2, 0.25) is 0 Å². The summed E-state index contributed by atoms with van der Waals surface area (Å²) in [5.41, 5.74) is 1.47. The lowest BCUT2D eigenvalue weighted by atomic mass is 9.64. The zero-order valence-electron chi connectivity index (χ0n) is 12.4. The number of ether oxygens (including phenoxy) is 1. The van der Waals surface area contributed by atoms with E-state index in [1.54, 1.807) is 0 Å². The van der Waals surface area contributed by atoms with Gasteiger partial charge in [-0.3, -0.25) is 0 Å². The molecule has 0 radical (unpaired) electrons. The largest absolute Gasteiger partial charge is 0.381 e. The Morgan fingerprint density at radius 2 is 2.05 bits per heavy atom. The van der Waals surface area contributed by atoms with E-state index in [1.165, 1.54) is 10.6 Å². The Labute approximate surface area is 121 Å². The van der Waals surface area contributed by atoms with Gasteiger partial charge in [-0.2, -0.15) is 0 Å². The van der Waals surface area contributed by atoms with Gasteiger partial charge in [0.1, 0.15) is 0 Å². The second-order valence-corrected chi connectivity index (χ2v) is 6.93. The molecule has 0 saturated heterocycles. The summed E-state index contributed by atoms with van der Waals surface area (Å²) in [5, 5.41) is 3.71. The molecule has 1 N–H and O–H groups in total. The fraction of sp³-hybridized carbons (Fsp3) is 0.625. The second-order valence-electron chi connectivity index (χ2n) is 5.63. The Kier molecular flexibility index (Phi) is 4.80. The van der Waals surface area contributed by atoms with Crippen LogP contribution in [0.4, 0.5) is 5.69 Å². The maximum absolute atomic E-state index is 5.79. The first kappa shape index (κ1) is 14.7. The van der Waals surface area contributed by atoms with E-state index < -0.39 is 0 Å². The number of rotatable bonds is 6. The first-order valence-corrected chi connectivity index (χ1v) is 8.18. The van der Waals surface area contributed by atoms with Gasteiger partial charge in [0.05, 0.1) is 6.10 Å². The van der Waals surface area contributed by atoms with Crippen molar-refractivity contribution in [1.82, 2.24) is 0 Å². The molecular weight excluding hydrogens is 254 g/mol. The maximum Gasteiger partial charge on any atom is 0.0665 e. The Balaban J connectivity index is 2.03. The van der Waals surface area contributed by atoms with Gasteiger partial charge in [0.15, 0.2) is 0 Å². The third-order valence-electron chi connectivity index (χ3n) is 4.06. The standard InChI is InChI=1S/C16H25NOS/c1-5-18-15-11-14(16(15,3)4)17-12-9-7-8-10-13(12)19-6-2/h7-10,14-15,17H,5-6,11H2,1-4H3. The SMILES string of the molecule is CCOC1CC(Nc2ccccc2SCC)C1(C)C. The zero-order chi connectivity index (χ0) is 13.9. The second kappa shape index (κ2) is 6.19. The van der Waals surface area contributed by atoms with Gasteiger partial charge in [-0.1, -0.05) is 32.9 Å². The molecule has 1 aliphatic carbocycles. The van der Waals surface area contributed by atoms with Gasteiger partial charge in [0, 0.05) is 28.6 Å². The molecule has 1 saturated carbocycles. The molecule has 0 bridgehead atoms. The van der Waals surface area contributed by atoms with Gasteiger partial charge in [-0.05, 0) is 31.2 Å². The third-order valence-corrected chi connectivity index (χ3v) is 5.02. The van der Waals surface area contributed by atoms with Crippen LogP contribution in [0.3, 0.4) is 0 Å². The van der Waals surface area contributed by atoms with E-state index in [-0.39, 0.29) is 5.41 Å². The van der Waals surface area contributed by atoms with E-state index in [9.17, 15) is 0 Å². The first-order valence-electron chi connectivity index (χ1n) is 7.19. The third kappa shape index (κ3) is 3.09. The van der Waals surface area contributed by atoms with Crippen molar-refractivity contribution in [2.75, 3.05) is 17.7 Å². The van der Waals surface area contributed by atoms with Crippen LogP contribution in [0.15, 0.2) is 29.2 Å². The molecular formula is C16H25NOS. The summed E-state index contributed by atoms with van der Waals surface area (Å²) in [5.74, 6) is 1.11. The van der Waals surface area contributed by atoms with Crippen LogP contribution < -0.4 is 5.32 Å². The molecule has 1 aromatic carbocycles. The molecule has 106 valence electrons. The lowest BCUT2D eigenvalue weighted by Crippen LogP contribution is -2.58. The lowest BCUT2D eigenvalue weighted by molar-refractivity contribution is -0.0976. The normalized spacial score (nSPS) is 24.8. The molecule has 2 unspecified atom stereocenters. The van der Waals surface area contributed by atoms with Gasteiger partial charge in [-0.15, -0.1) is 11.8 Å². The summed E-state index contributed by atoms with van der Waals surface area (Å²) in [6, 6.07) is 9.10. The number of anilines is 1. The predicted molar refractivity (Wildman–Crippen MR) is 84.1 cm³/mol. The average molecular weight is 279 g/mol. The summed E-state index contributed by atoms with van der Waals surface area (Å²) in [7, 11) is 0. The minimum Gasteiger partial charge on any atom is -0.381 e. The summed E-state index contributed by atoms with van der Waals surface area (Å²) in [4.78, 5) is 1.35. The van der Waals surface area contributed by atoms with E-state index in [0.29, 0.717) is 12.1 Å². The van der Waals surface area contributed by atoms with Crippen molar-refractivity contribution >= 4 is 17.4 Å². The topological polar surface area (TPSA) is 21.3 Å². The fourth-order valence-corrected chi connectivity index (χ4v) is 3.44. The highest BCUT2D eigenvalue weighted by atomic mass is 32.2. The van der Waals surface area contributed by atoms with Crippen molar-refractivity contribution in [3.05, 3.63) is 24.3 Å². The fourth-order valence-electron chi connectivity index (χ4n) is 2.67. The zero-order valence-corrected chi connectivity index (χ0v) is 13.2. The molecule has 0 amide bonds. The molecule has 19 heavy (non-hydrogen) atoms. The number of thioether (sulfide) groups is 1. The molecule has 0 aliphatic heterocycles. The number of hydrogen-bond donors (Lipinski definition) is 1. The van der Waals surface area contributed by atoms with Crippen LogP contribution in [0, 0.1) is 5.41 Å². The summed E-state index contributed by atoms with van der Waals surface area (Å²) in [6.45, 7) is 9.67. The smallest absolute Gasteiger partial charge is 0.0665 e. The van der Waals surface area contributed by atoms with Crippen LogP contribution in [-0.2, 0) is 4.74 Å². The van der Waals surface area contributed by atoms with Gasteiger partial charge >= 0.3 is 0 Å². The van der Waals surface area contributed by atoms with Crippen molar-refractivity contribution in [2.24, 2.45) is 5.41 Å². The van der Waals surface area contributed by atoms with Gasteiger partial charge in [-0.25, -0.2) is 0 Å². The van der Waals surface area contributed by atoms with Crippen LogP contribution in [0.25, 0.3) is 0 Å². The highest BCUT2D eigenvalue weighted by Crippen LogP contribution is 2.45. The van der Waals surface area contributed by atoms with Crippen molar-refractivity contribution < 1.29 is 4.74 Å². The van der Waals surface area contributed by atoms with E-state index in [2.05, 4.69) is 57.3 Å². The van der Waals surface area contributed by atoms with Gasteiger partial charge < -0.3 is 10.1 Å². The van der Waals surface area contributed by atoms with E-state index in [1.807, 2.05) is 11.8 Å². The quantitative estimate of drug-likeness (QED) is 0.779. The Morgan fingerprint density at radius 3 is 2.68 bits per heavy atom. The van der Waals surface area contributed by atoms with Crippen LogP contribution in [0.5, 0.6) is 0 Å². The van der Waals surface area contributed by atoms with Crippen LogP contribution in [-0.4, -0.2) is 24.5 Å². The first-order chi connectivity index (χ1) is 9.09. The van der Waals surface area contributed by atoms with Crippen molar-refractivity contribution in [1.29, 1.82) is 0 Å². The Hall–Kier alpha value is -0.670. The molecule has 2 nitrogen and oxygen atoms in total. The van der Waals surface area contributed by atoms with E-state index in [4.69, 9.17) is 4.74 Å². The Morgan fingerprint density at radius 1 is 1.32 bits per heavy atom. The number of nitrogens with one attached hydrogen (secondary N) is 1. The molecule has 0 aromatic heterocycles. The molecule has 1 fully saturated rings. The van der Waals surface area contributed by atoms with Gasteiger partial charge in [0.25, 0.3) is 0 Å². The van der Waals surface area contributed by atoms with E-state index >= 15 is 0 Å². The molecule has 3 heteroatoms. The van der Waals surface area contributed by atoms with E-state index in [0.717, 1.165) is 18.8 Å². The van der Waals surface area contributed by atoms with Crippen molar-refractivity contribution in [2.45, 2.75) is 51.2 Å². The Bertz CT molecular complexity index is 419. The summed E-state index contributed by atoms with van der Waals surface area (Å²) in [6.07, 6.45) is 1.49.